The standard InChI is InChI=1S/C22H29F3N4O5S/c1-21(10-11-35(3,30)31)9-8-16(19(20(21)28-32-2)12-29-15-26-14-27-29)13-33-17-4-6-18(7-5-17)34-22(23,24)25/h4-7,14-16,28H,8-13H2,1-3H3/t16-,21-/m0/s1. The lowest BCUT2D eigenvalue weighted by Crippen LogP contribution is -2.39. The van der Waals surface area contributed by atoms with Gasteiger partial charge in [0.15, 0.2) is 0 Å². The average molecular weight is 519 g/mol. The minimum Gasteiger partial charge on any atom is -0.493 e. The second kappa shape index (κ2) is 10.9. The summed E-state index contributed by atoms with van der Waals surface area (Å²) in [7, 11) is -1.68. The smallest absolute Gasteiger partial charge is 0.493 e. The molecule has 194 valence electrons. The quantitative estimate of drug-likeness (QED) is 0.451. The van der Waals surface area contributed by atoms with Crippen LogP contribution >= 0.6 is 0 Å². The predicted octanol–water partition coefficient (Wildman–Crippen LogP) is 3.51. The van der Waals surface area contributed by atoms with Gasteiger partial charge < -0.3 is 9.47 Å². The van der Waals surface area contributed by atoms with Gasteiger partial charge in [0, 0.05) is 23.3 Å². The third kappa shape index (κ3) is 7.85. The molecule has 0 amide bonds. The zero-order valence-electron chi connectivity index (χ0n) is 19.7. The minimum absolute atomic E-state index is 0.0303. The molecule has 0 saturated heterocycles. The molecule has 0 unspecified atom stereocenters. The molecule has 1 aromatic carbocycles. The van der Waals surface area contributed by atoms with E-state index in [1.165, 1.54) is 44.0 Å². The highest BCUT2D eigenvalue weighted by Gasteiger charge is 2.39. The van der Waals surface area contributed by atoms with E-state index >= 15 is 0 Å². The third-order valence-corrected chi connectivity index (χ3v) is 6.94. The Morgan fingerprint density at radius 1 is 1.23 bits per heavy atom. The molecular weight excluding hydrogens is 489 g/mol. The van der Waals surface area contributed by atoms with E-state index in [0.717, 1.165) is 11.3 Å². The van der Waals surface area contributed by atoms with Crippen LogP contribution < -0.4 is 15.0 Å². The van der Waals surface area contributed by atoms with E-state index in [0.29, 0.717) is 31.6 Å². The number of ether oxygens (including phenoxy) is 2. The highest BCUT2D eigenvalue weighted by atomic mass is 32.2. The molecule has 0 fully saturated rings. The number of hydrogen-bond acceptors (Lipinski definition) is 8. The van der Waals surface area contributed by atoms with Crippen LogP contribution in [-0.4, -0.2) is 55.3 Å². The first-order chi connectivity index (χ1) is 16.4. The van der Waals surface area contributed by atoms with E-state index in [-0.39, 0.29) is 24.0 Å². The second-order valence-corrected chi connectivity index (χ2v) is 11.1. The van der Waals surface area contributed by atoms with Crippen LogP contribution in [0.3, 0.4) is 0 Å². The number of allylic oxidation sites excluding steroid dienone is 1. The van der Waals surface area contributed by atoms with Crippen molar-refractivity contribution >= 4 is 9.84 Å². The van der Waals surface area contributed by atoms with Gasteiger partial charge in [-0.05, 0) is 49.1 Å². The van der Waals surface area contributed by atoms with Crippen molar-refractivity contribution in [2.24, 2.45) is 11.3 Å². The summed E-state index contributed by atoms with van der Waals surface area (Å²) in [6, 6.07) is 5.20. The van der Waals surface area contributed by atoms with Crippen molar-refractivity contribution in [3.63, 3.8) is 0 Å². The Morgan fingerprint density at radius 3 is 2.49 bits per heavy atom. The summed E-state index contributed by atoms with van der Waals surface area (Å²) in [5.74, 6) is 0.00533. The molecular formula is C22H29F3N4O5S. The van der Waals surface area contributed by atoms with Crippen LogP contribution in [0.5, 0.6) is 11.5 Å². The van der Waals surface area contributed by atoms with E-state index < -0.39 is 21.6 Å². The molecule has 35 heavy (non-hydrogen) atoms. The van der Waals surface area contributed by atoms with E-state index in [2.05, 4.69) is 20.3 Å². The van der Waals surface area contributed by atoms with Gasteiger partial charge in [-0.2, -0.15) is 5.10 Å². The van der Waals surface area contributed by atoms with Gasteiger partial charge in [-0.15, -0.1) is 13.2 Å². The Hall–Kier alpha value is -2.80. The zero-order chi connectivity index (χ0) is 25.7. The van der Waals surface area contributed by atoms with Crippen molar-refractivity contribution in [2.75, 3.05) is 25.7 Å². The fourth-order valence-corrected chi connectivity index (χ4v) is 4.97. The third-order valence-electron chi connectivity index (χ3n) is 6.00. The van der Waals surface area contributed by atoms with Gasteiger partial charge in [0.1, 0.15) is 34.0 Å². The molecule has 1 aromatic heterocycles. The first-order valence-corrected chi connectivity index (χ1v) is 13.0. The molecule has 0 bridgehead atoms. The van der Waals surface area contributed by atoms with Gasteiger partial charge in [-0.3, -0.25) is 10.3 Å². The number of hydroxylamine groups is 1. The Morgan fingerprint density at radius 2 is 1.91 bits per heavy atom. The summed E-state index contributed by atoms with van der Waals surface area (Å²) in [5.41, 5.74) is 4.19. The normalized spacial score (nSPS) is 21.1. The van der Waals surface area contributed by atoms with Crippen LogP contribution in [0.2, 0.25) is 0 Å². The summed E-state index contributed by atoms with van der Waals surface area (Å²) >= 11 is 0. The second-order valence-electron chi connectivity index (χ2n) is 8.81. The predicted molar refractivity (Wildman–Crippen MR) is 121 cm³/mol. The average Bonchev–Trinajstić information content (AvgIpc) is 3.27. The van der Waals surface area contributed by atoms with Crippen LogP contribution in [-0.2, 0) is 21.2 Å². The maximum atomic E-state index is 12.4. The van der Waals surface area contributed by atoms with Crippen LogP contribution in [0.15, 0.2) is 48.2 Å². The largest absolute Gasteiger partial charge is 0.573 e. The molecule has 1 aliphatic carbocycles. The molecule has 9 nitrogen and oxygen atoms in total. The first kappa shape index (κ1) is 26.8. The maximum Gasteiger partial charge on any atom is 0.573 e. The van der Waals surface area contributed by atoms with Crippen LogP contribution in [0.25, 0.3) is 0 Å². The molecule has 2 aromatic rings. The number of benzene rings is 1. The number of alkyl halides is 3. The van der Waals surface area contributed by atoms with E-state index in [1.807, 2.05) is 6.92 Å². The van der Waals surface area contributed by atoms with Crippen LogP contribution in [0, 0.1) is 11.3 Å². The van der Waals surface area contributed by atoms with E-state index in [9.17, 15) is 21.6 Å². The summed E-state index contributed by atoms with van der Waals surface area (Å²) in [6.45, 7) is 2.63. The van der Waals surface area contributed by atoms with Crippen LogP contribution in [0.4, 0.5) is 13.2 Å². The summed E-state index contributed by atoms with van der Waals surface area (Å²) in [4.78, 5) is 9.26. The number of rotatable bonds is 11. The van der Waals surface area contributed by atoms with Crippen molar-refractivity contribution in [3.8, 4) is 11.5 Å². The highest BCUT2D eigenvalue weighted by Crippen LogP contribution is 2.45. The van der Waals surface area contributed by atoms with Crippen molar-refractivity contribution < 1.29 is 35.9 Å². The molecule has 0 aliphatic heterocycles. The highest BCUT2D eigenvalue weighted by molar-refractivity contribution is 7.90. The SMILES string of the molecule is CONC1=C(Cn2cncn2)[C@H](COc2ccc(OC(F)(F)F)cc2)CC[C@@]1(C)CCS(C)(=O)=O. The molecule has 0 saturated carbocycles. The molecule has 13 heteroatoms. The Bertz CT molecular complexity index is 1110. The Balaban J connectivity index is 1.84. The minimum atomic E-state index is -4.76. The number of sulfone groups is 1. The van der Waals surface area contributed by atoms with E-state index in [4.69, 9.17) is 9.57 Å². The fraction of sp³-hybridized carbons (Fsp3) is 0.545. The number of hydrogen-bond donors (Lipinski definition) is 1. The molecule has 2 atom stereocenters. The molecule has 1 heterocycles. The monoisotopic (exact) mass is 518 g/mol. The molecule has 3 rings (SSSR count). The number of aromatic nitrogens is 3. The van der Waals surface area contributed by atoms with Gasteiger partial charge in [0.05, 0.1) is 26.0 Å². The van der Waals surface area contributed by atoms with Crippen LogP contribution in [0.1, 0.15) is 26.2 Å². The zero-order valence-corrected chi connectivity index (χ0v) is 20.5. The molecule has 1 N–H and O–H groups in total. The molecule has 1 aliphatic rings. The van der Waals surface area contributed by atoms with Gasteiger partial charge in [0.2, 0.25) is 0 Å². The lowest BCUT2D eigenvalue weighted by Gasteiger charge is -2.41. The lowest BCUT2D eigenvalue weighted by atomic mass is 9.69. The molecule has 0 radical (unpaired) electrons. The van der Waals surface area contributed by atoms with Gasteiger partial charge in [-0.1, -0.05) is 6.92 Å². The topological polar surface area (TPSA) is 105 Å². The van der Waals surface area contributed by atoms with Gasteiger partial charge in [-0.25, -0.2) is 18.1 Å². The first-order valence-electron chi connectivity index (χ1n) is 10.9. The Kier molecular flexibility index (Phi) is 8.31. The lowest BCUT2D eigenvalue weighted by molar-refractivity contribution is -0.274. The summed E-state index contributed by atoms with van der Waals surface area (Å²) in [5, 5.41) is 4.19. The van der Waals surface area contributed by atoms with Crippen molar-refractivity contribution in [1.82, 2.24) is 20.2 Å². The summed E-state index contributed by atoms with van der Waals surface area (Å²) < 4.78 is 72.4. The maximum absolute atomic E-state index is 12.4. The number of nitrogens with one attached hydrogen (secondary N) is 1. The fourth-order valence-electron chi connectivity index (χ4n) is 4.15. The van der Waals surface area contributed by atoms with Crippen molar-refractivity contribution in [3.05, 3.63) is 48.2 Å². The number of halogens is 3. The van der Waals surface area contributed by atoms with Crippen molar-refractivity contribution in [2.45, 2.75) is 39.1 Å². The Labute approximate surface area is 202 Å². The van der Waals surface area contributed by atoms with Crippen molar-refractivity contribution in [1.29, 1.82) is 0 Å². The van der Waals surface area contributed by atoms with Gasteiger partial charge in [0.25, 0.3) is 0 Å². The summed E-state index contributed by atoms with van der Waals surface area (Å²) in [6.07, 6.45) is 1.25. The molecule has 0 spiro atoms. The number of nitrogens with zero attached hydrogens (tertiary/aromatic N) is 3. The van der Waals surface area contributed by atoms with Gasteiger partial charge >= 0.3 is 6.36 Å². The van der Waals surface area contributed by atoms with E-state index in [1.54, 1.807) is 11.0 Å².